The van der Waals surface area contributed by atoms with E-state index in [0.29, 0.717) is 0 Å². The summed E-state index contributed by atoms with van der Waals surface area (Å²) in [6.45, 7) is 6.44. The summed E-state index contributed by atoms with van der Waals surface area (Å²) >= 11 is 0. The summed E-state index contributed by atoms with van der Waals surface area (Å²) in [5.41, 5.74) is -4.60. The van der Waals surface area contributed by atoms with Crippen molar-refractivity contribution in [1.29, 1.82) is 0 Å². The number of hydrogen-bond donors (Lipinski definition) is 0. The quantitative estimate of drug-likeness (QED) is 0.323. The zero-order valence-corrected chi connectivity index (χ0v) is 16.8. The van der Waals surface area contributed by atoms with Gasteiger partial charge >= 0.3 is 11.9 Å². The molecule has 0 unspecified atom stereocenters. The van der Waals surface area contributed by atoms with Crippen molar-refractivity contribution >= 4 is 18.4 Å². The second-order valence-electron chi connectivity index (χ2n) is 6.54. The summed E-state index contributed by atoms with van der Waals surface area (Å²) in [4.78, 5) is 0. The maximum atomic E-state index is 13.1. The third-order valence-electron chi connectivity index (χ3n) is 3.46. The Kier molecular flexibility index (Phi) is 6.94. The van der Waals surface area contributed by atoms with E-state index in [2.05, 4.69) is 19.6 Å². The highest BCUT2D eigenvalue weighted by molar-refractivity contribution is 7.86. The molecule has 2 aromatic rings. The van der Waals surface area contributed by atoms with Crippen LogP contribution in [-0.4, -0.2) is 31.3 Å². The predicted molar refractivity (Wildman–Crippen MR) is 90.5 cm³/mol. The molecular weight excluding hydrogens is 411 g/mol. The van der Waals surface area contributed by atoms with Gasteiger partial charge in [-0.1, -0.05) is 18.2 Å². The standard InChI is InChI=1S/C14H19F2N2Si.CHF3O3S/c1-17-12(13(15)16)10-18(19(2,3)4)14(17)11-8-6-5-7-9-11;2-1(3,4)8(5,6)7/h5-10,13H,1-4H3;(H,5,6,7)/q+1;/p-1. The highest BCUT2D eigenvalue weighted by Crippen LogP contribution is 2.24. The van der Waals surface area contributed by atoms with Crippen LogP contribution in [0.25, 0.3) is 11.4 Å². The van der Waals surface area contributed by atoms with Crippen LogP contribution in [0.5, 0.6) is 0 Å². The Morgan fingerprint density at radius 3 is 1.89 bits per heavy atom. The van der Waals surface area contributed by atoms with Crippen LogP contribution in [0.1, 0.15) is 12.1 Å². The predicted octanol–water partition coefficient (Wildman–Crippen LogP) is 3.65. The van der Waals surface area contributed by atoms with Gasteiger partial charge in [0.2, 0.25) is 5.69 Å². The van der Waals surface area contributed by atoms with Gasteiger partial charge in [-0.15, -0.1) is 0 Å². The Morgan fingerprint density at radius 1 is 1.11 bits per heavy atom. The molecule has 1 aromatic heterocycles. The van der Waals surface area contributed by atoms with Crippen molar-refractivity contribution in [2.75, 3.05) is 0 Å². The Labute approximate surface area is 154 Å². The first kappa shape index (κ1) is 23.2. The smallest absolute Gasteiger partial charge is 0.485 e. The van der Waals surface area contributed by atoms with Crippen LogP contribution in [0.4, 0.5) is 22.0 Å². The number of alkyl halides is 5. The lowest BCUT2D eigenvalue weighted by molar-refractivity contribution is -0.532. The van der Waals surface area contributed by atoms with Gasteiger partial charge < -0.3 is 4.55 Å². The normalized spacial score (nSPS) is 12.7. The van der Waals surface area contributed by atoms with Crippen molar-refractivity contribution in [3.63, 3.8) is 0 Å². The van der Waals surface area contributed by atoms with Crippen LogP contribution < -0.4 is 4.23 Å². The van der Waals surface area contributed by atoms with Crippen molar-refractivity contribution < 1.29 is 39.2 Å². The molecule has 2 rings (SSSR count). The number of benzene rings is 1. The monoisotopic (exact) mass is 430 g/mol. The molecule has 27 heavy (non-hydrogen) atoms. The molecule has 0 radical (unpaired) electrons. The van der Waals surface area contributed by atoms with Crippen LogP contribution in [0.2, 0.25) is 19.6 Å². The SMILES string of the molecule is Cn1c(C(F)F)c[n+]([Si](C)(C)C)c1-c1ccccc1.O=S(=O)([O-])C(F)(F)F. The van der Waals surface area contributed by atoms with Gasteiger partial charge in [-0.25, -0.2) is 21.8 Å². The van der Waals surface area contributed by atoms with Gasteiger partial charge in [-0.2, -0.15) is 13.2 Å². The fraction of sp³-hybridized carbons (Fsp3) is 0.400. The zero-order chi connectivity index (χ0) is 21.2. The molecule has 0 aliphatic rings. The summed E-state index contributed by atoms with van der Waals surface area (Å²) in [5, 5.41) is 0. The van der Waals surface area contributed by atoms with E-state index >= 15 is 0 Å². The molecule has 0 N–H and O–H groups in total. The number of rotatable bonds is 3. The molecule has 0 aliphatic heterocycles. The number of hydrogen-bond acceptors (Lipinski definition) is 3. The van der Waals surface area contributed by atoms with Gasteiger partial charge in [0.05, 0.1) is 12.6 Å². The zero-order valence-electron chi connectivity index (χ0n) is 15.0. The summed E-state index contributed by atoms with van der Waals surface area (Å²) < 4.78 is 88.8. The van der Waals surface area contributed by atoms with Crippen LogP contribution in [0.15, 0.2) is 36.5 Å². The van der Waals surface area contributed by atoms with Gasteiger partial charge in [-0.3, -0.25) is 4.23 Å². The number of imidazole rings is 1. The van der Waals surface area contributed by atoms with Crippen LogP contribution in [-0.2, 0) is 17.2 Å². The summed E-state index contributed by atoms with van der Waals surface area (Å²) in [5.74, 6) is 0.857. The lowest BCUT2D eigenvalue weighted by Gasteiger charge is -2.14. The van der Waals surface area contributed by atoms with E-state index in [9.17, 15) is 22.0 Å². The molecule has 0 saturated heterocycles. The average molecular weight is 430 g/mol. The largest absolute Gasteiger partial charge is 0.741 e. The maximum Gasteiger partial charge on any atom is 0.485 e. The first-order valence-electron chi connectivity index (χ1n) is 7.55. The van der Waals surface area contributed by atoms with Crippen molar-refractivity contribution in [3.8, 4) is 11.4 Å². The van der Waals surface area contributed by atoms with Gasteiger partial charge in [0.1, 0.15) is 6.20 Å². The van der Waals surface area contributed by atoms with Crippen molar-refractivity contribution in [1.82, 2.24) is 4.57 Å². The lowest BCUT2D eigenvalue weighted by atomic mass is 10.2. The first-order valence-corrected chi connectivity index (χ1v) is 12.4. The topological polar surface area (TPSA) is 66.0 Å². The van der Waals surface area contributed by atoms with E-state index in [4.69, 9.17) is 13.0 Å². The molecule has 12 heteroatoms. The van der Waals surface area contributed by atoms with Crippen molar-refractivity contribution in [2.24, 2.45) is 7.05 Å². The Balaban J connectivity index is 0.000000387. The second kappa shape index (κ2) is 8.06. The number of halogens is 5. The number of aromatic nitrogens is 2. The van der Waals surface area contributed by atoms with Crippen LogP contribution in [0, 0.1) is 0 Å². The highest BCUT2D eigenvalue weighted by atomic mass is 32.2. The fourth-order valence-electron chi connectivity index (χ4n) is 2.20. The average Bonchev–Trinajstić information content (AvgIpc) is 2.84. The molecule has 0 saturated carbocycles. The molecule has 0 fully saturated rings. The third kappa shape index (κ3) is 5.84. The molecule has 0 spiro atoms. The fourth-order valence-corrected chi connectivity index (χ4v) is 3.63. The molecule has 0 atom stereocenters. The van der Waals surface area contributed by atoms with Gasteiger partial charge in [0, 0.05) is 0 Å². The van der Waals surface area contributed by atoms with E-state index in [1.165, 1.54) is 0 Å². The van der Waals surface area contributed by atoms with E-state index in [1.54, 1.807) is 17.8 Å². The minimum absolute atomic E-state index is 0.0706. The van der Waals surface area contributed by atoms with E-state index in [-0.39, 0.29) is 5.69 Å². The van der Waals surface area contributed by atoms with Crippen molar-refractivity contribution in [2.45, 2.75) is 31.6 Å². The summed E-state index contributed by atoms with van der Waals surface area (Å²) in [6.07, 6.45) is -0.843. The first-order chi connectivity index (χ1) is 12.1. The van der Waals surface area contributed by atoms with E-state index in [0.717, 1.165) is 11.4 Å². The molecule has 0 bridgehead atoms. The second-order valence-corrected chi connectivity index (χ2v) is 12.7. The van der Waals surface area contributed by atoms with Crippen molar-refractivity contribution in [3.05, 3.63) is 42.2 Å². The van der Waals surface area contributed by atoms with Gasteiger partial charge in [-0.05, 0) is 31.8 Å². The Bertz CT molecular complexity index is 875. The summed E-state index contributed by atoms with van der Waals surface area (Å²) in [7, 11) is -6.14. The maximum absolute atomic E-state index is 13.1. The lowest BCUT2D eigenvalue weighted by Crippen LogP contribution is -2.58. The van der Waals surface area contributed by atoms with Gasteiger partial charge in [0.25, 0.3) is 14.1 Å². The van der Waals surface area contributed by atoms with E-state index in [1.807, 2.05) is 34.6 Å². The number of nitrogens with zero attached hydrogens (tertiary/aromatic N) is 2. The minimum atomic E-state index is -6.09. The third-order valence-corrected chi connectivity index (χ3v) is 5.81. The molecule has 0 aliphatic carbocycles. The molecular formula is C15H19F5N2O3SSi. The molecule has 152 valence electrons. The highest BCUT2D eigenvalue weighted by Gasteiger charge is 2.37. The Morgan fingerprint density at radius 2 is 1.56 bits per heavy atom. The minimum Gasteiger partial charge on any atom is -0.741 e. The summed E-state index contributed by atoms with van der Waals surface area (Å²) in [6, 6.07) is 9.71. The molecule has 0 amide bonds. The Hall–Kier alpha value is -1.79. The van der Waals surface area contributed by atoms with Crippen LogP contribution in [0.3, 0.4) is 0 Å². The molecule has 1 aromatic carbocycles. The van der Waals surface area contributed by atoms with Gasteiger partial charge in [0.15, 0.2) is 10.1 Å². The molecule has 1 heterocycles. The van der Waals surface area contributed by atoms with E-state index < -0.39 is 30.3 Å². The van der Waals surface area contributed by atoms with Crippen LogP contribution >= 0.6 is 0 Å². The molecule has 5 nitrogen and oxygen atoms in total.